The second-order valence-electron chi connectivity index (χ2n) is 7.71. The van der Waals surface area contributed by atoms with Gasteiger partial charge in [-0.15, -0.1) is 0 Å². The summed E-state index contributed by atoms with van der Waals surface area (Å²) in [4.78, 5) is 19.3. The number of anilines is 1. The van der Waals surface area contributed by atoms with Gasteiger partial charge in [-0.05, 0) is 36.0 Å². The lowest BCUT2D eigenvalue weighted by Crippen LogP contribution is -2.40. The first-order valence-electron chi connectivity index (χ1n) is 10.1. The molecule has 1 saturated carbocycles. The molecular formula is C24H23N3O2. The highest BCUT2D eigenvalue weighted by molar-refractivity contribution is 5.99. The molecule has 0 radical (unpaired) electrons. The Hall–Kier alpha value is -3.18. The molecule has 2 aromatic carbocycles. The first-order valence-corrected chi connectivity index (χ1v) is 10.1. The Balaban J connectivity index is 1.66. The highest BCUT2D eigenvalue weighted by atomic mass is 16.5. The smallest absolute Gasteiger partial charge is 0.265 e. The minimum atomic E-state index is 0.00487. The predicted octanol–water partition coefficient (Wildman–Crippen LogP) is 4.01. The molecule has 0 unspecified atom stereocenters. The molecule has 1 aliphatic carbocycles. The van der Waals surface area contributed by atoms with Crippen LogP contribution in [0.3, 0.4) is 0 Å². The molecule has 146 valence electrons. The Bertz CT molecular complexity index is 1040. The topological polar surface area (TPSA) is 68.5 Å². The zero-order chi connectivity index (χ0) is 19.8. The quantitative estimate of drug-likeness (QED) is 0.721. The lowest BCUT2D eigenvalue weighted by Gasteiger charge is -2.30. The maximum Gasteiger partial charge on any atom is 0.265 e. The zero-order valence-electron chi connectivity index (χ0n) is 16.2. The fourth-order valence-electron chi connectivity index (χ4n) is 3.74. The van der Waals surface area contributed by atoms with Crippen molar-refractivity contribution in [2.45, 2.75) is 19.4 Å². The predicted molar refractivity (Wildman–Crippen MR) is 114 cm³/mol. The van der Waals surface area contributed by atoms with Gasteiger partial charge < -0.3 is 15.4 Å². The Morgan fingerprint density at radius 2 is 1.79 bits per heavy atom. The van der Waals surface area contributed by atoms with Crippen molar-refractivity contribution < 1.29 is 9.53 Å². The van der Waals surface area contributed by atoms with Crippen LogP contribution < -0.4 is 15.4 Å². The minimum absolute atomic E-state index is 0.00487. The third kappa shape index (κ3) is 3.49. The van der Waals surface area contributed by atoms with Crippen LogP contribution in [-0.4, -0.2) is 24.0 Å². The van der Waals surface area contributed by atoms with E-state index < -0.39 is 0 Å². The summed E-state index contributed by atoms with van der Waals surface area (Å²) in [6.07, 6.45) is 2.37. The van der Waals surface area contributed by atoms with Crippen molar-refractivity contribution in [1.82, 2.24) is 4.98 Å². The van der Waals surface area contributed by atoms with E-state index in [0.717, 1.165) is 40.2 Å². The van der Waals surface area contributed by atoms with Crippen molar-refractivity contribution in [3.63, 3.8) is 0 Å². The number of aromatic nitrogens is 1. The van der Waals surface area contributed by atoms with Gasteiger partial charge in [0.25, 0.3) is 5.91 Å². The first-order chi connectivity index (χ1) is 14.2. The maximum atomic E-state index is 12.6. The summed E-state index contributed by atoms with van der Waals surface area (Å²) in [5, 5.41) is 0. The third-order valence-corrected chi connectivity index (χ3v) is 5.58. The van der Waals surface area contributed by atoms with Crippen molar-refractivity contribution in [3.05, 3.63) is 66.2 Å². The van der Waals surface area contributed by atoms with E-state index in [1.807, 2.05) is 47.4 Å². The molecule has 1 amide bonds. The van der Waals surface area contributed by atoms with E-state index in [1.54, 1.807) is 0 Å². The molecular weight excluding hydrogens is 362 g/mol. The fourth-order valence-corrected chi connectivity index (χ4v) is 3.74. The molecule has 3 aromatic rings. The van der Waals surface area contributed by atoms with Gasteiger partial charge in [0.15, 0.2) is 6.61 Å². The summed E-state index contributed by atoms with van der Waals surface area (Å²) in [6.45, 7) is 1.30. The average Bonchev–Trinajstić information content (AvgIpc) is 3.60. The molecule has 2 N–H and O–H groups in total. The summed E-state index contributed by atoms with van der Waals surface area (Å²) < 4.78 is 5.74. The maximum absolute atomic E-state index is 12.6. The van der Waals surface area contributed by atoms with Gasteiger partial charge in [-0.2, -0.15) is 0 Å². The molecule has 2 aliphatic rings. The first kappa shape index (κ1) is 17.9. The van der Waals surface area contributed by atoms with Crippen molar-refractivity contribution in [2.75, 3.05) is 18.1 Å². The molecule has 2 heterocycles. The largest absolute Gasteiger partial charge is 0.466 e. The zero-order valence-corrected chi connectivity index (χ0v) is 16.2. The Morgan fingerprint density at radius 3 is 2.48 bits per heavy atom. The second-order valence-corrected chi connectivity index (χ2v) is 7.71. The van der Waals surface area contributed by atoms with Crippen LogP contribution in [0.25, 0.3) is 22.4 Å². The van der Waals surface area contributed by atoms with E-state index in [-0.39, 0.29) is 12.5 Å². The molecule has 0 spiro atoms. The standard InChI is InChI=1S/C24H23N3O2/c25-13-16-8-10-19(11-9-16)23-20(18-4-2-1-3-5-18)12-21-24(26-23)29-15-22(28)27(21)14-17-6-7-17/h1-5,8-12,17H,6-7,13-15,25H2. The van der Waals surface area contributed by atoms with Gasteiger partial charge in [0, 0.05) is 24.2 Å². The number of amides is 1. The molecule has 0 bridgehead atoms. The molecule has 1 aromatic heterocycles. The van der Waals surface area contributed by atoms with Crippen molar-refractivity contribution in [2.24, 2.45) is 11.7 Å². The molecule has 0 atom stereocenters. The number of carbonyl (C=O) groups is 1. The molecule has 1 aliphatic heterocycles. The van der Waals surface area contributed by atoms with Crippen LogP contribution in [0.5, 0.6) is 5.88 Å². The van der Waals surface area contributed by atoms with Gasteiger partial charge in [-0.3, -0.25) is 4.79 Å². The van der Waals surface area contributed by atoms with E-state index in [2.05, 4.69) is 18.2 Å². The number of benzene rings is 2. The van der Waals surface area contributed by atoms with Crippen LogP contribution in [-0.2, 0) is 11.3 Å². The Kier molecular flexibility index (Phi) is 4.52. The molecule has 0 saturated heterocycles. The van der Waals surface area contributed by atoms with E-state index in [0.29, 0.717) is 18.3 Å². The lowest BCUT2D eigenvalue weighted by molar-refractivity contribution is -0.121. The van der Waals surface area contributed by atoms with Crippen LogP contribution in [0, 0.1) is 5.92 Å². The highest BCUT2D eigenvalue weighted by Crippen LogP contribution is 2.42. The number of nitrogens with zero attached hydrogens (tertiary/aromatic N) is 2. The van der Waals surface area contributed by atoms with Crippen molar-refractivity contribution >= 4 is 11.6 Å². The lowest BCUT2D eigenvalue weighted by atomic mass is 9.97. The van der Waals surface area contributed by atoms with Gasteiger partial charge >= 0.3 is 0 Å². The number of hydrogen-bond acceptors (Lipinski definition) is 4. The van der Waals surface area contributed by atoms with E-state index in [4.69, 9.17) is 15.5 Å². The average molecular weight is 385 g/mol. The van der Waals surface area contributed by atoms with E-state index >= 15 is 0 Å². The number of pyridine rings is 1. The summed E-state index contributed by atoms with van der Waals surface area (Å²) in [6, 6.07) is 20.3. The monoisotopic (exact) mass is 385 g/mol. The summed E-state index contributed by atoms with van der Waals surface area (Å²) in [7, 11) is 0. The molecule has 1 fully saturated rings. The number of rotatable bonds is 5. The number of hydrogen-bond donors (Lipinski definition) is 1. The molecule has 5 rings (SSSR count). The van der Waals surface area contributed by atoms with Gasteiger partial charge in [0.05, 0.1) is 5.69 Å². The SMILES string of the molecule is NCc1ccc(-c2nc3c(cc2-c2ccccc2)N(CC2CC2)C(=O)CO3)cc1. The summed E-state index contributed by atoms with van der Waals surface area (Å²) in [5.74, 6) is 1.13. The van der Waals surface area contributed by atoms with Gasteiger partial charge in [-0.25, -0.2) is 4.98 Å². The van der Waals surface area contributed by atoms with E-state index in [9.17, 15) is 4.79 Å². The van der Waals surface area contributed by atoms with Gasteiger partial charge in [-0.1, -0.05) is 54.6 Å². The van der Waals surface area contributed by atoms with Crippen LogP contribution in [0.1, 0.15) is 18.4 Å². The van der Waals surface area contributed by atoms with Crippen LogP contribution in [0.2, 0.25) is 0 Å². The highest BCUT2D eigenvalue weighted by Gasteiger charge is 2.33. The summed E-state index contributed by atoms with van der Waals surface area (Å²) in [5.41, 5.74) is 11.5. The molecule has 29 heavy (non-hydrogen) atoms. The third-order valence-electron chi connectivity index (χ3n) is 5.58. The van der Waals surface area contributed by atoms with Gasteiger partial charge in [0.1, 0.15) is 5.69 Å². The number of nitrogens with two attached hydrogens (primary N) is 1. The summed E-state index contributed by atoms with van der Waals surface area (Å²) >= 11 is 0. The normalized spacial score (nSPS) is 15.8. The van der Waals surface area contributed by atoms with Crippen molar-refractivity contribution in [3.8, 4) is 28.3 Å². The van der Waals surface area contributed by atoms with Crippen molar-refractivity contribution in [1.29, 1.82) is 0 Å². The number of fused-ring (bicyclic) bond motifs is 1. The fraction of sp³-hybridized carbons (Fsp3) is 0.250. The van der Waals surface area contributed by atoms with Crippen LogP contribution >= 0.6 is 0 Å². The number of carbonyl (C=O) groups excluding carboxylic acids is 1. The van der Waals surface area contributed by atoms with E-state index in [1.165, 1.54) is 12.8 Å². The van der Waals surface area contributed by atoms with Gasteiger partial charge in [0.2, 0.25) is 5.88 Å². The second kappa shape index (κ2) is 7.33. The molecule has 5 nitrogen and oxygen atoms in total. The molecule has 5 heteroatoms. The Morgan fingerprint density at radius 1 is 1.03 bits per heavy atom. The number of ether oxygens (including phenoxy) is 1. The van der Waals surface area contributed by atoms with Crippen LogP contribution in [0.15, 0.2) is 60.7 Å². The Labute approximate surface area is 170 Å². The minimum Gasteiger partial charge on any atom is -0.466 e. The van der Waals surface area contributed by atoms with Crippen LogP contribution in [0.4, 0.5) is 5.69 Å².